The van der Waals surface area contributed by atoms with E-state index in [2.05, 4.69) is 31.9 Å². The summed E-state index contributed by atoms with van der Waals surface area (Å²) in [6, 6.07) is 18.3. The molecule has 8 heteroatoms. The molecule has 1 aromatic heterocycles. The average molecular weight is 463 g/mol. The highest BCUT2D eigenvalue weighted by Gasteiger charge is 2.22. The molecule has 3 heterocycles. The Hall–Kier alpha value is -3.52. The molecule has 1 atom stereocenters. The number of methoxy groups -OCH3 is 1. The lowest BCUT2D eigenvalue weighted by molar-refractivity contribution is 0.0506. The van der Waals surface area contributed by atoms with Gasteiger partial charge >= 0.3 is 6.01 Å². The predicted molar refractivity (Wildman–Crippen MR) is 129 cm³/mol. The Morgan fingerprint density at radius 2 is 1.82 bits per heavy atom. The van der Waals surface area contributed by atoms with Crippen molar-refractivity contribution in [1.82, 2.24) is 14.9 Å². The number of aromatic nitrogens is 2. The van der Waals surface area contributed by atoms with Crippen LogP contribution < -0.4 is 23.8 Å². The minimum absolute atomic E-state index is 0.202. The molecule has 0 N–H and O–H groups in total. The van der Waals surface area contributed by atoms with Crippen molar-refractivity contribution in [2.75, 3.05) is 51.4 Å². The first-order valence-electron chi connectivity index (χ1n) is 11.7. The zero-order chi connectivity index (χ0) is 23.2. The van der Waals surface area contributed by atoms with E-state index in [1.807, 2.05) is 42.5 Å². The van der Waals surface area contributed by atoms with Gasteiger partial charge in [-0.25, -0.2) is 4.98 Å². The van der Waals surface area contributed by atoms with Crippen LogP contribution in [0.3, 0.4) is 0 Å². The second kappa shape index (κ2) is 10.6. The first-order chi connectivity index (χ1) is 16.8. The molecule has 1 fully saturated rings. The van der Waals surface area contributed by atoms with Crippen LogP contribution >= 0.6 is 0 Å². The molecule has 0 amide bonds. The maximum atomic E-state index is 5.96. The SMILES string of the molecule is COc1ccc(CN2CCCN(c3ccnc(OCC4COc5ccccc5O4)n3)CC2)cc1. The molecule has 2 aromatic carbocycles. The molecular weight excluding hydrogens is 432 g/mol. The van der Waals surface area contributed by atoms with Crippen LogP contribution in [-0.4, -0.2) is 67.5 Å². The van der Waals surface area contributed by atoms with E-state index in [4.69, 9.17) is 18.9 Å². The molecule has 0 bridgehead atoms. The number of benzene rings is 2. The van der Waals surface area contributed by atoms with Crippen LogP contribution in [0, 0.1) is 0 Å². The molecule has 0 aliphatic carbocycles. The van der Waals surface area contributed by atoms with Crippen molar-refractivity contribution < 1.29 is 18.9 Å². The van der Waals surface area contributed by atoms with Gasteiger partial charge in [0.1, 0.15) is 24.8 Å². The second-order valence-electron chi connectivity index (χ2n) is 8.47. The van der Waals surface area contributed by atoms with Crippen molar-refractivity contribution in [3.8, 4) is 23.3 Å². The highest BCUT2D eigenvalue weighted by atomic mass is 16.6. The van der Waals surface area contributed by atoms with Crippen molar-refractivity contribution >= 4 is 5.82 Å². The number of fused-ring (bicyclic) bond motifs is 1. The topological polar surface area (TPSA) is 69.2 Å². The van der Waals surface area contributed by atoms with E-state index in [0.29, 0.717) is 19.2 Å². The van der Waals surface area contributed by atoms with Gasteiger partial charge in [0.05, 0.1) is 7.11 Å². The number of hydrogen-bond acceptors (Lipinski definition) is 8. The zero-order valence-corrected chi connectivity index (χ0v) is 19.4. The van der Waals surface area contributed by atoms with Crippen LogP contribution in [0.5, 0.6) is 23.3 Å². The number of hydrogen-bond donors (Lipinski definition) is 0. The Morgan fingerprint density at radius 1 is 0.971 bits per heavy atom. The zero-order valence-electron chi connectivity index (χ0n) is 19.4. The largest absolute Gasteiger partial charge is 0.497 e. The first kappa shape index (κ1) is 22.3. The van der Waals surface area contributed by atoms with Crippen LogP contribution in [0.15, 0.2) is 60.8 Å². The quantitative estimate of drug-likeness (QED) is 0.529. The standard InChI is InChI=1S/C26H30N4O4/c1-31-21-9-7-20(8-10-21)17-29-13-4-14-30(16-15-29)25-11-12-27-26(28-25)33-19-22-18-32-23-5-2-3-6-24(23)34-22/h2-3,5-12,22H,4,13-19H2,1H3. The van der Waals surface area contributed by atoms with Crippen molar-refractivity contribution in [2.45, 2.75) is 19.1 Å². The van der Waals surface area contributed by atoms with E-state index in [-0.39, 0.29) is 6.10 Å². The summed E-state index contributed by atoms with van der Waals surface area (Å²) in [4.78, 5) is 13.7. The van der Waals surface area contributed by atoms with E-state index in [1.54, 1.807) is 13.3 Å². The van der Waals surface area contributed by atoms with Crippen LogP contribution in [0.4, 0.5) is 5.82 Å². The molecule has 178 valence electrons. The van der Waals surface area contributed by atoms with Gasteiger partial charge in [-0.2, -0.15) is 4.98 Å². The molecular formula is C26H30N4O4. The molecule has 0 radical (unpaired) electrons. The van der Waals surface area contributed by atoms with E-state index in [1.165, 1.54) is 5.56 Å². The molecule has 0 saturated carbocycles. The van der Waals surface area contributed by atoms with Gasteiger partial charge in [-0.3, -0.25) is 4.90 Å². The lowest BCUT2D eigenvalue weighted by Gasteiger charge is -2.26. The van der Waals surface area contributed by atoms with Crippen LogP contribution in [0.2, 0.25) is 0 Å². The summed E-state index contributed by atoms with van der Waals surface area (Å²) < 4.78 is 22.8. The first-order valence-corrected chi connectivity index (χ1v) is 11.7. The number of anilines is 1. The minimum atomic E-state index is -0.202. The predicted octanol–water partition coefficient (Wildman–Crippen LogP) is 3.42. The van der Waals surface area contributed by atoms with Crippen LogP contribution in [0.1, 0.15) is 12.0 Å². The van der Waals surface area contributed by atoms with Gasteiger partial charge in [0, 0.05) is 38.9 Å². The highest BCUT2D eigenvalue weighted by Crippen LogP contribution is 2.31. The van der Waals surface area contributed by atoms with Gasteiger partial charge in [-0.1, -0.05) is 24.3 Å². The third-order valence-corrected chi connectivity index (χ3v) is 6.06. The van der Waals surface area contributed by atoms with Crippen LogP contribution in [-0.2, 0) is 6.54 Å². The normalized spacial score (nSPS) is 18.3. The molecule has 5 rings (SSSR count). The monoisotopic (exact) mass is 462 g/mol. The fourth-order valence-corrected chi connectivity index (χ4v) is 4.24. The van der Waals surface area contributed by atoms with Crippen molar-refractivity contribution in [2.24, 2.45) is 0 Å². The summed E-state index contributed by atoms with van der Waals surface area (Å²) in [6.45, 7) is 5.58. The number of nitrogens with zero attached hydrogens (tertiary/aromatic N) is 4. The average Bonchev–Trinajstić information content (AvgIpc) is 3.13. The summed E-state index contributed by atoms with van der Waals surface area (Å²) in [5, 5.41) is 0. The van der Waals surface area contributed by atoms with Gasteiger partial charge in [0.15, 0.2) is 17.6 Å². The third kappa shape index (κ3) is 5.51. The summed E-state index contributed by atoms with van der Waals surface area (Å²) >= 11 is 0. The second-order valence-corrected chi connectivity index (χ2v) is 8.47. The van der Waals surface area contributed by atoms with E-state index >= 15 is 0 Å². The fourth-order valence-electron chi connectivity index (χ4n) is 4.24. The fraction of sp³-hybridized carbons (Fsp3) is 0.385. The molecule has 1 saturated heterocycles. The van der Waals surface area contributed by atoms with E-state index in [9.17, 15) is 0 Å². The lowest BCUT2D eigenvalue weighted by atomic mass is 10.2. The number of ether oxygens (including phenoxy) is 4. The minimum Gasteiger partial charge on any atom is -0.497 e. The Balaban J connectivity index is 1.14. The molecule has 1 unspecified atom stereocenters. The van der Waals surface area contributed by atoms with Gasteiger partial charge in [-0.05, 0) is 42.3 Å². The Morgan fingerprint density at radius 3 is 2.68 bits per heavy atom. The third-order valence-electron chi connectivity index (χ3n) is 6.06. The summed E-state index contributed by atoms with van der Waals surface area (Å²) in [6.07, 6.45) is 2.63. The molecule has 8 nitrogen and oxygen atoms in total. The maximum Gasteiger partial charge on any atom is 0.318 e. The van der Waals surface area contributed by atoms with Crippen molar-refractivity contribution in [1.29, 1.82) is 0 Å². The molecule has 0 spiro atoms. The number of rotatable bonds is 7. The van der Waals surface area contributed by atoms with E-state index < -0.39 is 0 Å². The van der Waals surface area contributed by atoms with Gasteiger partial charge < -0.3 is 23.8 Å². The maximum absolute atomic E-state index is 5.96. The van der Waals surface area contributed by atoms with Gasteiger partial charge in [-0.15, -0.1) is 0 Å². The highest BCUT2D eigenvalue weighted by molar-refractivity contribution is 5.41. The van der Waals surface area contributed by atoms with Crippen molar-refractivity contribution in [3.63, 3.8) is 0 Å². The van der Waals surface area contributed by atoms with Gasteiger partial charge in [0.2, 0.25) is 0 Å². The van der Waals surface area contributed by atoms with Gasteiger partial charge in [0.25, 0.3) is 0 Å². The lowest BCUT2D eigenvalue weighted by Crippen LogP contribution is -2.34. The smallest absolute Gasteiger partial charge is 0.318 e. The molecule has 2 aliphatic heterocycles. The van der Waals surface area contributed by atoms with Crippen LogP contribution in [0.25, 0.3) is 0 Å². The van der Waals surface area contributed by atoms with Crippen molar-refractivity contribution in [3.05, 3.63) is 66.4 Å². The summed E-state index contributed by atoms with van der Waals surface area (Å²) in [5.41, 5.74) is 1.29. The Kier molecular flexibility index (Phi) is 6.95. The molecule has 3 aromatic rings. The molecule has 2 aliphatic rings. The Labute approximate surface area is 200 Å². The number of para-hydroxylation sites is 2. The van der Waals surface area contributed by atoms with E-state index in [0.717, 1.165) is 62.2 Å². The Bertz CT molecular complexity index is 1080. The summed E-state index contributed by atoms with van der Waals surface area (Å²) in [7, 11) is 1.69. The summed E-state index contributed by atoms with van der Waals surface area (Å²) in [5.74, 6) is 3.28. The molecule has 34 heavy (non-hydrogen) atoms.